The fourth-order valence-corrected chi connectivity index (χ4v) is 4.85. The first-order valence-electron chi connectivity index (χ1n) is 11.0. The SMILES string of the molecule is CNC(=O)c1cc(Br)cc([N+](=O)[O-])c1NC1CCCCC1NC(=O)c1cncc2ccccc12. The van der Waals surface area contributed by atoms with Gasteiger partial charge in [-0.1, -0.05) is 53.0 Å². The van der Waals surface area contributed by atoms with Gasteiger partial charge in [-0.25, -0.2) is 0 Å². The van der Waals surface area contributed by atoms with Crippen LogP contribution in [0.4, 0.5) is 11.4 Å². The average Bonchev–Trinajstić information content (AvgIpc) is 2.84. The molecule has 1 heterocycles. The number of nitrogens with zero attached hydrogens (tertiary/aromatic N) is 2. The number of hydrogen-bond acceptors (Lipinski definition) is 6. The van der Waals surface area contributed by atoms with Gasteiger partial charge >= 0.3 is 0 Å². The summed E-state index contributed by atoms with van der Waals surface area (Å²) in [4.78, 5) is 41.2. The van der Waals surface area contributed by atoms with Crippen LogP contribution in [0.2, 0.25) is 0 Å². The van der Waals surface area contributed by atoms with Crippen LogP contribution in [0.5, 0.6) is 0 Å². The van der Waals surface area contributed by atoms with Gasteiger partial charge in [-0.05, 0) is 24.3 Å². The number of nitro groups is 1. The lowest BCUT2D eigenvalue weighted by Crippen LogP contribution is -2.48. The number of pyridine rings is 1. The van der Waals surface area contributed by atoms with E-state index in [1.54, 1.807) is 18.5 Å². The molecule has 34 heavy (non-hydrogen) atoms. The lowest BCUT2D eigenvalue weighted by atomic mass is 9.89. The summed E-state index contributed by atoms with van der Waals surface area (Å²) < 4.78 is 0.431. The van der Waals surface area contributed by atoms with Crippen molar-refractivity contribution in [1.82, 2.24) is 15.6 Å². The van der Waals surface area contributed by atoms with Crippen molar-refractivity contribution < 1.29 is 14.5 Å². The minimum atomic E-state index is -0.516. The van der Waals surface area contributed by atoms with E-state index in [4.69, 9.17) is 0 Å². The summed E-state index contributed by atoms with van der Waals surface area (Å²) in [5.74, 6) is -0.690. The quantitative estimate of drug-likeness (QED) is 0.323. The Balaban J connectivity index is 1.64. The molecular formula is C24H24BrN5O4. The van der Waals surface area contributed by atoms with E-state index in [-0.39, 0.29) is 34.9 Å². The van der Waals surface area contributed by atoms with Crippen LogP contribution in [0.15, 0.2) is 53.3 Å². The number of carbonyl (C=O) groups is 2. The molecule has 3 N–H and O–H groups in total. The number of benzene rings is 2. The van der Waals surface area contributed by atoms with Gasteiger partial charge in [0, 0.05) is 47.5 Å². The zero-order valence-electron chi connectivity index (χ0n) is 18.5. The number of halogens is 1. The zero-order chi connectivity index (χ0) is 24.2. The van der Waals surface area contributed by atoms with Gasteiger partial charge in [-0.2, -0.15) is 0 Å². The van der Waals surface area contributed by atoms with Crippen LogP contribution < -0.4 is 16.0 Å². The van der Waals surface area contributed by atoms with Crippen molar-refractivity contribution in [3.05, 3.63) is 74.5 Å². The van der Waals surface area contributed by atoms with Crippen molar-refractivity contribution in [1.29, 1.82) is 0 Å². The summed E-state index contributed by atoms with van der Waals surface area (Å²) in [6, 6.07) is 9.89. The van der Waals surface area contributed by atoms with Crippen LogP contribution in [0, 0.1) is 10.1 Å². The predicted octanol–water partition coefficient (Wildman–Crippen LogP) is 4.42. The van der Waals surface area contributed by atoms with Crippen molar-refractivity contribution >= 4 is 49.9 Å². The normalized spacial score (nSPS) is 17.7. The predicted molar refractivity (Wildman–Crippen MR) is 133 cm³/mol. The number of fused-ring (bicyclic) bond motifs is 1. The fraction of sp³-hybridized carbons (Fsp3) is 0.292. The Labute approximate surface area is 204 Å². The van der Waals surface area contributed by atoms with E-state index in [0.717, 1.165) is 23.6 Å². The Morgan fingerprint density at radius 1 is 1.06 bits per heavy atom. The molecule has 2 atom stereocenters. The number of nitrogens with one attached hydrogen (secondary N) is 3. The van der Waals surface area contributed by atoms with Gasteiger partial charge in [-0.15, -0.1) is 0 Å². The summed E-state index contributed by atoms with van der Waals surface area (Å²) >= 11 is 3.25. The monoisotopic (exact) mass is 525 g/mol. The van der Waals surface area contributed by atoms with Crippen LogP contribution in [0.25, 0.3) is 10.8 Å². The van der Waals surface area contributed by atoms with Crippen LogP contribution in [-0.4, -0.2) is 40.9 Å². The van der Waals surface area contributed by atoms with Crippen molar-refractivity contribution in [3.8, 4) is 0 Å². The lowest BCUT2D eigenvalue weighted by Gasteiger charge is -2.34. The maximum Gasteiger partial charge on any atom is 0.294 e. The first-order chi connectivity index (χ1) is 16.4. The second-order valence-electron chi connectivity index (χ2n) is 8.21. The highest BCUT2D eigenvalue weighted by atomic mass is 79.9. The molecule has 4 rings (SSSR count). The molecule has 3 aromatic rings. The van der Waals surface area contributed by atoms with Crippen LogP contribution in [0.3, 0.4) is 0 Å². The molecule has 0 spiro atoms. The molecule has 0 saturated heterocycles. The van der Waals surface area contributed by atoms with Gasteiger partial charge in [-0.3, -0.25) is 24.7 Å². The Morgan fingerprint density at radius 2 is 1.79 bits per heavy atom. The minimum absolute atomic E-state index is 0.144. The molecular weight excluding hydrogens is 502 g/mol. The van der Waals surface area contributed by atoms with E-state index in [1.807, 2.05) is 24.3 Å². The van der Waals surface area contributed by atoms with Gasteiger partial charge in [0.15, 0.2) is 0 Å². The first kappa shape index (κ1) is 23.6. The summed E-state index contributed by atoms with van der Waals surface area (Å²) in [6.07, 6.45) is 6.48. The van der Waals surface area contributed by atoms with Gasteiger partial charge < -0.3 is 16.0 Å². The highest BCUT2D eigenvalue weighted by Crippen LogP contribution is 2.35. The molecule has 0 aliphatic heterocycles. The lowest BCUT2D eigenvalue weighted by molar-refractivity contribution is -0.384. The summed E-state index contributed by atoms with van der Waals surface area (Å²) in [6.45, 7) is 0. The van der Waals surface area contributed by atoms with Gasteiger partial charge in [0.1, 0.15) is 5.69 Å². The standard InChI is InChI=1S/C24H24BrN5O4/c1-26-23(31)17-10-15(25)11-21(30(33)34)22(17)28-19-8-4-5-9-20(19)29-24(32)18-13-27-12-14-6-2-3-7-16(14)18/h2-3,6-7,10-13,19-20,28H,4-5,8-9H2,1H3,(H,26,31)(H,29,32). The first-order valence-corrected chi connectivity index (χ1v) is 11.8. The number of hydrogen-bond donors (Lipinski definition) is 3. The highest BCUT2D eigenvalue weighted by molar-refractivity contribution is 9.10. The number of nitro benzene ring substituents is 1. The van der Waals surface area contributed by atoms with E-state index in [2.05, 4.69) is 36.9 Å². The number of amides is 2. The fourth-order valence-electron chi connectivity index (χ4n) is 4.41. The number of rotatable bonds is 6. The molecule has 0 bridgehead atoms. The molecule has 1 aromatic heterocycles. The van der Waals surface area contributed by atoms with Gasteiger partial charge in [0.25, 0.3) is 17.5 Å². The van der Waals surface area contributed by atoms with E-state index in [0.29, 0.717) is 22.9 Å². The second kappa shape index (κ2) is 10.2. The highest BCUT2D eigenvalue weighted by Gasteiger charge is 2.31. The van der Waals surface area contributed by atoms with E-state index >= 15 is 0 Å². The third-order valence-corrected chi connectivity index (χ3v) is 6.53. The summed E-state index contributed by atoms with van der Waals surface area (Å²) in [7, 11) is 1.47. The van der Waals surface area contributed by atoms with Crippen molar-refractivity contribution in [2.24, 2.45) is 0 Å². The average molecular weight is 526 g/mol. The van der Waals surface area contributed by atoms with Crippen molar-refractivity contribution in [2.75, 3.05) is 12.4 Å². The van der Waals surface area contributed by atoms with E-state index < -0.39 is 10.8 Å². The Hall–Kier alpha value is -3.53. The third kappa shape index (κ3) is 4.86. The summed E-state index contributed by atoms with van der Waals surface area (Å²) in [5, 5.41) is 22.3. The molecule has 10 heteroatoms. The Morgan fingerprint density at radius 3 is 2.53 bits per heavy atom. The molecule has 1 aliphatic carbocycles. The Bertz CT molecular complexity index is 1260. The number of carbonyl (C=O) groups excluding carboxylic acids is 2. The van der Waals surface area contributed by atoms with Crippen molar-refractivity contribution in [3.63, 3.8) is 0 Å². The minimum Gasteiger partial charge on any atom is -0.374 e. The maximum atomic E-state index is 13.2. The van der Waals surface area contributed by atoms with Crippen LogP contribution in [0.1, 0.15) is 46.4 Å². The maximum absolute atomic E-state index is 13.2. The molecule has 1 aliphatic rings. The molecule has 2 amide bonds. The molecule has 1 fully saturated rings. The Kier molecular flexibility index (Phi) is 7.06. The smallest absolute Gasteiger partial charge is 0.294 e. The zero-order valence-corrected chi connectivity index (χ0v) is 20.1. The molecule has 9 nitrogen and oxygen atoms in total. The van der Waals surface area contributed by atoms with Crippen LogP contribution >= 0.6 is 15.9 Å². The molecule has 176 valence electrons. The summed E-state index contributed by atoms with van der Waals surface area (Å²) in [5.41, 5.74) is 0.577. The molecule has 0 radical (unpaired) electrons. The molecule has 2 aromatic carbocycles. The van der Waals surface area contributed by atoms with E-state index in [9.17, 15) is 19.7 Å². The van der Waals surface area contributed by atoms with Gasteiger partial charge in [0.05, 0.1) is 16.1 Å². The number of aromatic nitrogens is 1. The molecule has 1 saturated carbocycles. The van der Waals surface area contributed by atoms with Crippen molar-refractivity contribution in [2.45, 2.75) is 37.8 Å². The van der Waals surface area contributed by atoms with Gasteiger partial charge in [0.2, 0.25) is 0 Å². The number of anilines is 1. The second-order valence-corrected chi connectivity index (χ2v) is 9.12. The molecule has 2 unspecified atom stereocenters. The van der Waals surface area contributed by atoms with E-state index in [1.165, 1.54) is 13.1 Å². The largest absolute Gasteiger partial charge is 0.374 e. The van der Waals surface area contributed by atoms with Crippen LogP contribution in [-0.2, 0) is 0 Å². The topological polar surface area (TPSA) is 126 Å². The third-order valence-electron chi connectivity index (χ3n) is 6.08.